The van der Waals surface area contributed by atoms with Gasteiger partial charge in [0.25, 0.3) is 5.91 Å². The molecule has 0 radical (unpaired) electrons. The maximum Gasteiger partial charge on any atom is 0.263 e. The number of nitrogens with one attached hydrogen (secondary N) is 1. The van der Waals surface area contributed by atoms with Gasteiger partial charge in [-0.25, -0.2) is 0 Å². The lowest BCUT2D eigenvalue weighted by molar-refractivity contribution is -0.135. The number of carbonyl (C=O) groups is 2. The van der Waals surface area contributed by atoms with Crippen LogP contribution in [0.3, 0.4) is 0 Å². The third-order valence-electron chi connectivity index (χ3n) is 7.09. The third-order valence-corrected chi connectivity index (χ3v) is 7.34. The highest BCUT2D eigenvalue weighted by molar-refractivity contribution is 6.30. The molecule has 4 rings (SSSR count). The van der Waals surface area contributed by atoms with Gasteiger partial charge in [-0.3, -0.25) is 14.5 Å². The number of hydrogen-bond donors (Lipinski definition) is 2. The van der Waals surface area contributed by atoms with Crippen LogP contribution in [0, 0.1) is 0 Å². The number of rotatable bonds is 7. The van der Waals surface area contributed by atoms with E-state index in [2.05, 4.69) is 35.0 Å². The van der Waals surface area contributed by atoms with Crippen LogP contribution in [0.1, 0.15) is 53.4 Å². The molecule has 2 amide bonds. The smallest absolute Gasteiger partial charge is 0.263 e. The summed E-state index contributed by atoms with van der Waals surface area (Å²) in [6.45, 7) is 7.82. The molecule has 0 aromatic heterocycles. The largest absolute Gasteiger partial charge is 0.478 e. The minimum atomic E-state index is -0.999. The Morgan fingerprint density at radius 3 is 2.32 bits per heavy atom. The first-order valence-corrected chi connectivity index (χ1v) is 12.4. The van der Waals surface area contributed by atoms with E-state index in [9.17, 15) is 9.59 Å². The Balaban J connectivity index is 1.41. The fourth-order valence-electron chi connectivity index (χ4n) is 5.39. The Hall–Kier alpha value is -2.51. The molecule has 1 aromatic rings. The number of carbonyl (C=O) groups excluding carboxylic acids is 2. The predicted molar refractivity (Wildman–Crippen MR) is 133 cm³/mol. The quantitative estimate of drug-likeness (QED) is 0.615. The summed E-state index contributed by atoms with van der Waals surface area (Å²) in [5, 5.41) is 3.88. The van der Waals surface area contributed by atoms with Crippen LogP contribution in [0.2, 0.25) is 5.02 Å². The SMILES string of the molecule is CC(C)N1C=C(C(N)=O)C=CC1N1C2CCC1CC(NC(=O)C(C)(C)Oc1ccc(Cl)cc1)C2. The molecule has 34 heavy (non-hydrogen) atoms. The maximum absolute atomic E-state index is 13.1. The topological polar surface area (TPSA) is 87.9 Å². The van der Waals surface area contributed by atoms with Crippen LogP contribution in [-0.2, 0) is 9.59 Å². The fraction of sp³-hybridized carbons (Fsp3) is 0.538. The number of halogens is 1. The van der Waals surface area contributed by atoms with Crippen molar-refractivity contribution in [2.24, 2.45) is 5.73 Å². The van der Waals surface area contributed by atoms with E-state index < -0.39 is 11.5 Å². The maximum atomic E-state index is 13.1. The Labute approximate surface area is 206 Å². The van der Waals surface area contributed by atoms with Gasteiger partial charge in [0.15, 0.2) is 5.60 Å². The van der Waals surface area contributed by atoms with E-state index in [1.54, 1.807) is 38.1 Å². The van der Waals surface area contributed by atoms with E-state index in [-0.39, 0.29) is 24.2 Å². The minimum Gasteiger partial charge on any atom is -0.478 e. The number of primary amides is 1. The second-order valence-electron chi connectivity index (χ2n) is 10.3. The van der Waals surface area contributed by atoms with Crippen LogP contribution in [0.4, 0.5) is 0 Å². The third kappa shape index (κ3) is 5.10. The molecule has 0 saturated carbocycles. The zero-order chi connectivity index (χ0) is 24.6. The predicted octanol–water partition coefficient (Wildman–Crippen LogP) is 3.58. The summed E-state index contributed by atoms with van der Waals surface area (Å²) in [6.07, 6.45) is 9.89. The van der Waals surface area contributed by atoms with Crippen LogP contribution in [0.15, 0.2) is 48.2 Å². The Kier molecular flexibility index (Phi) is 6.97. The zero-order valence-corrected chi connectivity index (χ0v) is 21.1. The molecule has 3 aliphatic rings. The van der Waals surface area contributed by atoms with Crippen molar-refractivity contribution in [2.75, 3.05) is 0 Å². The summed E-state index contributed by atoms with van der Waals surface area (Å²) in [5.41, 5.74) is 5.05. The Morgan fingerprint density at radius 1 is 1.15 bits per heavy atom. The first-order chi connectivity index (χ1) is 16.0. The van der Waals surface area contributed by atoms with E-state index in [1.165, 1.54) is 0 Å². The normalized spacial score (nSPS) is 27.0. The van der Waals surface area contributed by atoms with Gasteiger partial charge < -0.3 is 20.7 Å². The monoisotopic (exact) mass is 486 g/mol. The molecule has 3 unspecified atom stereocenters. The first-order valence-electron chi connectivity index (χ1n) is 12.1. The molecule has 7 nitrogen and oxygen atoms in total. The van der Waals surface area contributed by atoms with Crippen molar-refractivity contribution in [2.45, 2.75) is 89.3 Å². The highest BCUT2D eigenvalue weighted by atomic mass is 35.5. The molecule has 3 aliphatic heterocycles. The summed E-state index contributed by atoms with van der Waals surface area (Å²) >= 11 is 5.95. The number of ether oxygens (including phenoxy) is 1. The Morgan fingerprint density at radius 2 is 1.76 bits per heavy atom. The van der Waals surface area contributed by atoms with Crippen LogP contribution < -0.4 is 15.8 Å². The number of nitrogens with two attached hydrogens (primary N) is 1. The van der Waals surface area contributed by atoms with E-state index in [0.29, 0.717) is 28.4 Å². The van der Waals surface area contributed by atoms with Gasteiger partial charge in [0.2, 0.25) is 5.91 Å². The van der Waals surface area contributed by atoms with Crippen molar-refractivity contribution >= 4 is 23.4 Å². The Bertz CT molecular complexity index is 974. The summed E-state index contributed by atoms with van der Waals surface area (Å²) in [6, 6.07) is 8.10. The standard InChI is InChI=1S/C26H35ClN4O3/c1-16(2)30-15-17(24(28)32)5-12-23(30)31-20-8-9-21(31)14-19(13-20)29-25(33)26(3,4)34-22-10-6-18(27)7-11-22/h5-7,10-12,15-16,19-21,23H,8-9,13-14H2,1-4H3,(H2,28,32)(H,29,33). The molecule has 2 fully saturated rings. The lowest BCUT2D eigenvalue weighted by Gasteiger charge is -2.48. The van der Waals surface area contributed by atoms with Gasteiger partial charge in [-0.2, -0.15) is 0 Å². The summed E-state index contributed by atoms with van der Waals surface area (Å²) in [7, 11) is 0. The summed E-state index contributed by atoms with van der Waals surface area (Å²) in [4.78, 5) is 29.6. The van der Waals surface area contributed by atoms with Gasteiger partial charge in [-0.15, -0.1) is 0 Å². The second kappa shape index (κ2) is 9.62. The molecule has 3 heterocycles. The van der Waals surface area contributed by atoms with Crippen molar-refractivity contribution in [3.8, 4) is 5.75 Å². The van der Waals surface area contributed by atoms with Gasteiger partial charge in [-0.05, 0) is 89.8 Å². The van der Waals surface area contributed by atoms with Gasteiger partial charge in [0.1, 0.15) is 11.9 Å². The van der Waals surface area contributed by atoms with Crippen LogP contribution >= 0.6 is 11.6 Å². The van der Waals surface area contributed by atoms with Crippen LogP contribution in [-0.4, -0.2) is 57.5 Å². The zero-order valence-electron chi connectivity index (χ0n) is 20.3. The van der Waals surface area contributed by atoms with Crippen LogP contribution in [0.25, 0.3) is 0 Å². The first kappa shape index (κ1) is 24.6. The molecule has 8 heteroatoms. The molecule has 3 atom stereocenters. The fourth-order valence-corrected chi connectivity index (χ4v) is 5.51. The van der Waals surface area contributed by atoms with E-state index in [0.717, 1.165) is 25.7 Å². The average Bonchev–Trinajstić information content (AvgIpc) is 3.04. The summed E-state index contributed by atoms with van der Waals surface area (Å²) in [5.74, 6) is 0.0876. The van der Waals surface area contributed by atoms with Crippen molar-refractivity contribution < 1.29 is 14.3 Å². The minimum absolute atomic E-state index is 0.0851. The number of piperidine rings is 1. The number of amides is 2. The lowest BCUT2D eigenvalue weighted by Crippen LogP contribution is -2.60. The number of fused-ring (bicyclic) bond motifs is 2. The highest BCUT2D eigenvalue weighted by Crippen LogP contribution is 2.39. The van der Waals surface area contributed by atoms with Gasteiger partial charge in [0.05, 0.1) is 5.57 Å². The lowest BCUT2D eigenvalue weighted by atomic mass is 9.94. The molecule has 184 valence electrons. The van der Waals surface area contributed by atoms with Crippen molar-refractivity contribution in [1.82, 2.24) is 15.1 Å². The number of nitrogens with zero attached hydrogens (tertiary/aromatic N) is 2. The van der Waals surface area contributed by atoms with Gasteiger partial charge >= 0.3 is 0 Å². The molecule has 3 N–H and O–H groups in total. The van der Waals surface area contributed by atoms with Crippen LogP contribution in [0.5, 0.6) is 5.75 Å². The average molecular weight is 487 g/mol. The summed E-state index contributed by atoms with van der Waals surface area (Å²) < 4.78 is 5.97. The van der Waals surface area contributed by atoms with Crippen molar-refractivity contribution in [3.63, 3.8) is 0 Å². The molecular weight excluding hydrogens is 452 g/mol. The number of benzene rings is 1. The molecule has 1 aromatic carbocycles. The molecule has 0 spiro atoms. The van der Waals surface area contributed by atoms with E-state index in [4.69, 9.17) is 22.1 Å². The molecule has 2 bridgehead atoms. The highest BCUT2D eigenvalue weighted by Gasteiger charge is 2.46. The molecule has 2 saturated heterocycles. The van der Waals surface area contributed by atoms with Gasteiger partial charge in [-0.1, -0.05) is 11.6 Å². The van der Waals surface area contributed by atoms with Gasteiger partial charge in [0, 0.05) is 35.4 Å². The van der Waals surface area contributed by atoms with Crippen molar-refractivity contribution in [3.05, 3.63) is 53.2 Å². The molecular formula is C26H35ClN4O3. The number of hydrogen-bond acceptors (Lipinski definition) is 5. The van der Waals surface area contributed by atoms with E-state index in [1.807, 2.05) is 12.3 Å². The molecule has 0 aliphatic carbocycles. The second-order valence-corrected chi connectivity index (χ2v) is 10.7. The van der Waals surface area contributed by atoms with Crippen molar-refractivity contribution in [1.29, 1.82) is 0 Å². The van der Waals surface area contributed by atoms with E-state index >= 15 is 0 Å².